The highest BCUT2D eigenvalue weighted by molar-refractivity contribution is 5.33. The van der Waals surface area contributed by atoms with Crippen molar-refractivity contribution in [2.24, 2.45) is 5.92 Å². The van der Waals surface area contributed by atoms with Gasteiger partial charge in [-0.2, -0.15) is 0 Å². The minimum absolute atomic E-state index is 0.0701. The lowest BCUT2D eigenvalue weighted by Gasteiger charge is -2.17. The van der Waals surface area contributed by atoms with Crippen molar-refractivity contribution in [1.82, 2.24) is 5.32 Å². The second kappa shape index (κ2) is 6.28. The minimum atomic E-state index is -4.63. The van der Waals surface area contributed by atoms with E-state index in [1.807, 2.05) is 0 Å². The fourth-order valence-corrected chi connectivity index (χ4v) is 2.47. The predicted molar refractivity (Wildman–Crippen MR) is 67.0 cm³/mol. The average Bonchev–Trinajstić information content (AvgIpc) is 2.58. The van der Waals surface area contributed by atoms with Gasteiger partial charge in [0.05, 0.1) is 0 Å². The van der Waals surface area contributed by atoms with Crippen LogP contribution in [0.1, 0.15) is 24.8 Å². The highest BCUT2D eigenvalue weighted by Crippen LogP contribution is 2.29. The van der Waals surface area contributed by atoms with E-state index in [9.17, 15) is 13.2 Å². The summed E-state index contributed by atoms with van der Waals surface area (Å²) in [6, 6.07) is 6.41. The summed E-state index contributed by atoms with van der Waals surface area (Å²) < 4.78 is 41.1. The summed E-state index contributed by atoms with van der Waals surface area (Å²) in [4.78, 5) is 0. The standard InChI is InChI=1S/C14H18F3NO/c15-14(16,17)19-13-7-2-1-6-12(13)9-11-5-3-4-8-18-10-11/h1-2,6-7,11,18H,3-5,8-10H2/t11-/m1/s1. The molecule has 1 saturated heterocycles. The van der Waals surface area contributed by atoms with Crippen LogP contribution in [-0.4, -0.2) is 19.5 Å². The molecule has 0 spiro atoms. The number of benzene rings is 1. The molecule has 106 valence electrons. The number of para-hydroxylation sites is 1. The molecule has 0 unspecified atom stereocenters. The zero-order valence-electron chi connectivity index (χ0n) is 10.7. The van der Waals surface area contributed by atoms with Crippen molar-refractivity contribution in [2.75, 3.05) is 13.1 Å². The number of halogens is 3. The van der Waals surface area contributed by atoms with Crippen LogP contribution in [0.25, 0.3) is 0 Å². The first-order valence-corrected chi connectivity index (χ1v) is 6.59. The molecule has 1 aliphatic heterocycles. The zero-order chi connectivity index (χ0) is 13.7. The summed E-state index contributed by atoms with van der Waals surface area (Å²) in [5.41, 5.74) is 0.633. The van der Waals surface area contributed by atoms with Crippen LogP contribution in [-0.2, 0) is 6.42 Å². The fraction of sp³-hybridized carbons (Fsp3) is 0.571. The molecule has 1 aliphatic rings. The minimum Gasteiger partial charge on any atom is -0.406 e. The molecular formula is C14H18F3NO. The summed E-state index contributed by atoms with van der Waals surface area (Å²) in [5, 5.41) is 3.32. The lowest BCUT2D eigenvalue weighted by molar-refractivity contribution is -0.274. The van der Waals surface area contributed by atoms with Gasteiger partial charge in [0.2, 0.25) is 0 Å². The normalized spacial score (nSPS) is 20.9. The van der Waals surface area contributed by atoms with Crippen molar-refractivity contribution < 1.29 is 17.9 Å². The van der Waals surface area contributed by atoms with Crippen molar-refractivity contribution in [2.45, 2.75) is 32.0 Å². The average molecular weight is 273 g/mol. The third kappa shape index (κ3) is 4.74. The van der Waals surface area contributed by atoms with Crippen LogP contribution in [0.3, 0.4) is 0 Å². The van der Waals surface area contributed by atoms with Crippen molar-refractivity contribution >= 4 is 0 Å². The number of alkyl halides is 3. The van der Waals surface area contributed by atoms with Gasteiger partial charge in [0.15, 0.2) is 0 Å². The van der Waals surface area contributed by atoms with Crippen LogP contribution in [0, 0.1) is 5.92 Å². The van der Waals surface area contributed by atoms with Crippen molar-refractivity contribution in [3.8, 4) is 5.75 Å². The Balaban J connectivity index is 2.06. The van der Waals surface area contributed by atoms with Crippen LogP contribution < -0.4 is 10.1 Å². The molecule has 0 saturated carbocycles. The summed E-state index contributed by atoms with van der Waals surface area (Å²) in [5.74, 6) is 0.305. The van der Waals surface area contributed by atoms with Gasteiger partial charge in [0.1, 0.15) is 5.75 Å². The highest BCUT2D eigenvalue weighted by Gasteiger charge is 2.32. The van der Waals surface area contributed by atoms with E-state index in [0.717, 1.165) is 32.4 Å². The third-order valence-corrected chi connectivity index (χ3v) is 3.36. The maximum absolute atomic E-state index is 12.3. The van der Waals surface area contributed by atoms with Gasteiger partial charge < -0.3 is 10.1 Å². The van der Waals surface area contributed by atoms with Crippen molar-refractivity contribution in [1.29, 1.82) is 0 Å². The zero-order valence-corrected chi connectivity index (χ0v) is 10.7. The Morgan fingerprint density at radius 3 is 2.79 bits per heavy atom. The molecule has 1 atom stereocenters. The molecule has 19 heavy (non-hydrogen) atoms. The third-order valence-electron chi connectivity index (χ3n) is 3.36. The summed E-state index contributed by atoms with van der Waals surface area (Å²) in [6.07, 6.45) is -0.693. The quantitative estimate of drug-likeness (QED) is 0.909. The molecule has 1 fully saturated rings. The Kier molecular flexibility index (Phi) is 4.69. The van der Waals surface area contributed by atoms with E-state index < -0.39 is 6.36 Å². The van der Waals surface area contributed by atoms with Crippen molar-refractivity contribution in [3.05, 3.63) is 29.8 Å². The molecule has 0 aromatic heterocycles. The van der Waals surface area contributed by atoms with Gasteiger partial charge in [-0.15, -0.1) is 13.2 Å². The Labute approximate surface area is 111 Å². The molecule has 0 aliphatic carbocycles. The molecule has 0 radical (unpaired) electrons. The van der Waals surface area contributed by atoms with Gasteiger partial charge in [0.25, 0.3) is 0 Å². The van der Waals surface area contributed by atoms with Crippen LogP contribution in [0.5, 0.6) is 5.75 Å². The van der Waals surface area contributed by atoms with Crippen LogP contribution in [0.2, 0.25) is 0 Å². The molecule has 2 rings (SSSR count). The molecule has 1 N–H and O–H groups in total. The number of rotatable bonds is 3. The van der Waals surface area contributed by atoms with Gasteiger partial charge in [-0.25, -0.2) is 0 Å². The number of nitrogens with one attached hydrogen (secondary N) is 1. The Hall–Kier alpha value is -1.23. The topological polar surface area (TPSA) is 21.3 Å². The van der Waals surface area contributed by atoms with Crippen LogP contribution in [0.15, 0.2) is 24.3 Å². The molecule has 1 aromatic rings. The van der Waals surface area contributed by atoms with Crippen LogP contribution in [0.4, 0.5) is 13.2 Å². The van der Waals surface area contributed by atoms with E-state index in [4.69, 9.17) is 0 Å². The lowest BCUT2D eigenvalue weighted by atomic mass is 9.94. The van der Waals surface area contributed by atoms with Gasteiger partial charge in [-0.05, 0) is 49.9 Å². The van der Waals surface area contributed by atoms with Crippen molar-refractivity contribution in [3.63, 3.8) is 0 Å². The molecule has 5 heteroatoms. The summed E-state index contributed by atoms with van der Waals surface area (Å²) in [7, 11) is 0. The first-order chi connectivity index (χ1) is 9.04. The first kappa shape index (κ1) is 14.2. The second-order valence-corrected chi connectivity index (χ2v) is 4.93. The maximum Gasteiger partial charge on any atom is 0.573 e. The van der Waals surface area contributed by atoms with Gasteiger partial charge in [0, 0.05) is 0 Å². The Morgan fingerprint density at radius 1 is 1.21 bits per heavy atom. The SMILES string of the molecule is FC(F)(F)Oc1ccccc1C[C@H]1CCCCNC1. The number of hydrogen-bond acceptors (Lipinski definition) is 2. The van der Waals surface area contributed by atoms with Gasteiger partial charge in [-0.3, -0.25) is 0 Å². The summed E-state index contributed by atoms with van der Waals surface area (Å²) >= 11 is 0. The number of ether oxygens (including phenoxy) is 1. The lowest BCUT2D eigenvalue weighted by Crippen LogP contribution is -2.23. The highest BCUT2D eigenvalue weighted by atomic mass is 19.4. The van der Waals surface area contributed by atoms with E-state index in [1.165, 1.54) is 6.07 Å². The molecule has 1 heterocycles. The van der Waals surface area contributed by atoms with Gasteiger partial charge >= 0.3 is 6.36 Å². The molecular weight excluding hydrogens is 255 g/mol. The van der Waals surface area contributed by atoms with Crippen LogP contribution >= 0.6 is 0 Å². The molecule has 1 aromatic carbocycles. The largest absolute Gasteiger partial charge is 0.573 e. The first-order valence-electron chi connectivity index (χ1n) is 6.59. The molecule has 0 amide bonds. The van der Waals surface area contributed by atoms with E-state index >= 15 is 0 Å². The number of hydrogen-bond donors (Lipinski definition) is 1. The van der Waals surface area contributed by atoms with E-state index in [-0.39, 0.29) is 5.75 Å². The Bertz CT molecular complexity index is 398. The maximum atomic E-state index is 12.3. The predicted octanol–water partition coefficient (Wildman–Crippen LogP) is 3.52. The van der Waals surface area contributed by atoms with Gasteiger partial charge in [-0.1, -0.05) is 24.6 Å². The van der Waals surface area contributed by atoms with E-state index in [2.05, 4.69) is 10.1 Å². The Morgan fingerprint density at radius 2 is 2.00 bits per heavy atom. The van der Waals surface area contributed by atoms with E-state index in [0.29, 0.717) is 17.9 Å². The smallest absolute Gasteiger partial charge is 0.406 e. The fourth-order valence-electron chi connectivity index (χ4n) is 2.47. The molecule has 2 nitrogen and oxygen atoms in total. The second-order valence-electron chi connectivity index (χ2n) is 4.93. The monoisotopic (exact) mass is 273 g/mol. The summed E-state index contributed by atoms with van der Waals surface area (Å²) in [6.45, 7) is 1.86. The molecule has 0 bridgehead atoms. The van der Waals surface area contributed by atoms with E-state index in [1.54, 1.807) is 18.2 Å².